The maximum atomic E-state index is 15.6. The van der Waals surface area contributed by atoms with Crippen molar-refractivity contribution in [1.82, 2.24) is 4.57 Å². The highest BCUT2D eigenvalue weighted by atomic mass is 16.2. The van der Waals surface area contributed by atoms with Crippen molar-refractivity contribution in [2.75, 3.05) is 11.9 Å². The van der Waals surface area contributed by atoms with E-state index in [0.29, 0.717) is 16.8 Å². The van der Waals surface area contributed by atoms with Crippen LogP contribution >= 0.6 is 0 Å². The summed E-state index contributed by atoms with van der Waals surface area (Å²) in [5.74, 6) is -0.286. The number of carbonyl (C=O) groups excluding carboxylic acids is 2. The minimum absolute atomic E-state index is 0.286. The van der Waals surface area contributed by atoms with Crippen molar-refractivity contribution in [1.29, 1.82) is 0 Å². The first-order chi connectivity index (χ1) is 27.9. The maximum Gasteiger partial charge on any atom is 0.260 e. The molecule has 0 bridgehead atoms. The highest BCUT2D eigenvalue weighted by Gasteiger charge is 2.28. The molecule has 0 unspecified atom stereocenters. The molecule has 0 atom stereocenters. The Morgan fingerprint density at radius 3 is 1.74 bits per heavy atom. The van der Waals surface area contributed by atoms with Crippen molar-refractivity contribution >= 4 is 39.7 Å². The van der Waals surface area contributed by atoms with E-state index in [2.05, 4.69) is 115 Å². The SMILES string of the molecule is Cc1ccc(-c2ccc3c4ccccc4n(-c4cccc(C=O)c4C(=O)N(C)c4c(-c5ccccc5)cc(-c5ccccc5)cc4-c4ccccc4)c3c2)c(C)c1. The summed E-state index contributed by atoms with van der Waals surface area (Å²) < 4.78 is 2.15. The van der Waals surface area contributed by atoms with Crippen LogP contribution in [0.1, 0.15) is 31.8 Å². The summed E-state index contributed by atoms with van der Waals surface area (Å²) >= 11 is 0. The number of anilines is 1. The molecule has 0 aliphatic heterocycles. The molecule has 0 aliphatic rings. The predicted molar refractivity (Wildman–Crippen MR) is 237 cm³/mol. The van der Waals surface area contributed by atoms with Gasteiger partial charge in [0.15, 0.2) is 6.29 Å². The van der Waals surface area contributed by atoms with Gasteiger partial charge in [-0.25, -0.2) is 0 Å². The topological polar surface area (TPSA) is 42.3 Å². The van der Waals surface area contributed by atoms with Crippen LogP contribution < -0.4 is 4.90 Å². The Hall–Kier alpha value is -7.30. The Morgan fingerprint density at radius 2 is 1.11 bits per heavy atom. The summed E-state index contributed by atoms with van der Waals surface area (Å²) in [7, 11) is 1.83. The molecule has 9 rings (SSSR count). The third-order valence-corrected chi connectivity index (χ3v) is 11.0. The molecule has 1 aromatic heterocycles. The third kappa shape index (κ3) is 6.31. The van der Waals surface area contributed by atoms with E-state index in [1.54, 1.807) is 11.0 Å². The van der Waals surface area contributed by atoms with E-state index >= 15 is 4.79 Å². The van der Waals surface area contributed by atoms with Gasteiger partial charge in [0.05, 0.1) is 28.0 Å². The summed E-state index contributed by atoms with van der Waals surface area (Å²) in [6.07, 6.45) is 0.800. The fourth-order valence-electron chi connectivity index (χ4n) is 8.35. The van der Waals surface area contributed by atoms with Gasteiger partial charge in [0, 0.05) is 34.5 Å². The van der Waals surface area contributed by atoms with Crippen LogP contribution in [0.4, 0.5) is 5.69 Å². The zero-order valence-corrected chi connectivity index (χ0v) is 32.1. The number of amides is 1. The van der Waals surface area contributed by atoms with E-state index in [9.17, 15) is 4.79 Å². The van der Waals surface area contributed by atoms with E-state index < -0.39 is 0 Å². The molecule has 4 nitrogen and oxygen atoms in total. The molecule has 9 aromatic rings. The van der Waals surface area contributed by atoms with Crippen molar-refractivity contribution in [3.63, 3.8) is 0 Å². The standard InChI is InChI=1S/C53H40N2O2/c1-35-26-28-43(36(2)30-35)40-27-29-45-44-23-13-14-24-48(44)55(50(45)33-40)49-25-15-22-41(34-56)51(49)53(57)54(3)52-46(38-18-9-5-10-19-38)31-42(37-16-7-4-8-17-37)32-47(52)39-20-11-6-12-21-39/h4-34H,1-3H3. The van der Waals surface area contributed by atoms with Crippen molar-refractivity contribution in [3.8, 4) is 50.2 Å². The molecule has 0 N–H and O–H groups in total. The van der Waals surface area contributed by atoms with Crippen LogP contribution in [-0.2, 0) is 0 Å². The van der Waals surface area contributed by atoms with Gasteiger partial charge in [-0.2, -0.15) is 0 Å². The normalized spacial score (nSPS) is 11.2. The minimum atomic E-state index is -0.286. The van der Waals surface area contributed by atoms with Gasteiger partial charge in [-0.1, -0.05) is 157 Å². The van der Waals surface area contributed by atoms with E-state index in [4.69, 9.17) is 0 Å². The molecule has 1 heterocycles. The Kier molecular flexibility index (Phi) is 9.16. The number of aryl methyl sites for hydroxylation is 2. The van der Waals surface area contributed by atoms with E-state index in [-0.39, 0.29) is 5.91 Å². The second-order valence-electron chi connectivity index (χ2n) is 14.6. The molecule has 0 aliphatic carbocycles. The van der Waals surface area contributed by atoms with E-state index in [1.807, 2.05) is 85.9 Å². The predicted octanol–water partition coefficient (Wildman–Crippen LogP) is 13.2. The fraction of sp³-hybridized carbons (Fsp3) is 0.0566. The lowest BCUT2D eigenvalue weighted by molar-refractivity contribution is 0.0986. The number of hydrogen-bond donors (Lipinski definition) is 0. The van der Waals surface area contributed by atoms with Crippen LogP contribution in [0.3, 0.4) is 0 Å². The third-order valence-electron chi connectivity index (χ3n) is 11.0. The van der Waals surface area contributed by atoms with E-state index in [1.165, 1.54) is 11.1 Å². The van der Waals surface area contributed by atoms with Crippen LogP contribution in [0.5, 0.6) is 0 Å². The lowest BCUT2D eigenvalue weighted by Gasteiger charge is -2.27. The van der Waals surface area contributed by atoms with Gasteiger partial charge in [-0.05, 0) is 83.1 Å². The Labute approximate surface area is 332 Å². The van der Waals surface area contributed by atoms with Crippen LogP contribution in [0.25, 0.3) is 72.0 Å². The molecular weight excluding hydrogens is 697 g/mol. The van der Waals surface area contributed by atoms with Gasteiger partial charge in [0.1, 0.15) is 0 Å². The lowest BCUT2D eigenvalue weighted by atomic mass is 9.90. The fourth-order valence-corrected chi connectivity index (χ4v) is 8.35. The molecule has 0 spiro atoms. The molecule has 8 aromatic carbocycles. The highest BCUT2D eigenvalue weighted by Crippen LogP contribution is 2.44. The van der Waals surface area contributed by atoms with Gasteiger partial charge >= 0.3 is 0 Å². The summed E-state index contributed by atoms with van der Waals surface area (Å²) in [5, 5.41) is 2.13. The number of nitrogens with zero attached hydrogens (tertiary/aromatic N) is 2. The largest absolute Gasteiger partial charge is 0.310 e. The molecule has 0 fully saturated rings. The van der Waals surface area contributed by atoms with Crippen LogP contribution in [0, 0.1) is 13.8 Å². The number of hydrogen-bond acceptors (Lipinski definition) is 2. The van der Waals surface area contributed by atoms with E-state index in [0.717, 1.165) is 78.3 Å². The first-order valence-electron chi connectivity index (χ1n) is 19.2. The number of para-hydroxylation sites is 1. The van der Waals surface area contributed by atoms with Crippen molar-refractivity contribution in [2.24, 2.45) is 0 Å². The molecule has 0 saturated heterocycles. The number of carbonyl (C=O) groups is 2. The first kappa shape index (κ1) is 35.4. The Morgan fingerprint density at radius 1 is 0.509 bits per heavy atom. The maximum absolute atomic E-state index is 15.6. The molecule has 1 amide bonds. The molecular formula is C53H40N2O2. The average Bonchev–Trinajstić information content (AvgIpc) is 3.59. The van der Waals surface area contributed by atoms with Crippen LogP contribution in [-0.4, -0.2) is 23.8 Å². The summed E-state index contributed by atoms with van der Waals surface area (Å²) in [5.41, 5.74) is 14.5. The average molecular weight is 737 g/mol. The number of fused-ring (bicyclic) bond motifs is 3. The smallest absolute Gasteiger partial charge is 0.260 e. The highest BCUT2D eigenvalue weighted by molar-refractivity contribution is 6.17. The first-order valence-corrected chi connectivity index (χ1v) is 19.2. The van der Waals surface area contributed by atoms with Gasteiger partial charge in [-0.3, -0.25) is 9.59 Å². The van der Waals surface area contributed by atoms with Gasteiger partial charge in [-0.15, -0.1) is 0 Å². The number of aromatic nitrogens is 1. The number of rotatable bonds is 8. The molecule has 274 valence electrons. The molecule has 4 heteroatoms. The Bertz CT molecular complexity index is 2900. The summed E-state index contributed by atoms with van der Waals surface area (Å²) in [4.78, 5) is 30.3. The molecule has 57 heavy (non-hydrogen) atoms. The number of benzene rings is 8. The number of aldehydes is 1. The quantitative estimate of drug-likeness (QED) is 0.146. The van der Waals surface area contributed by atoms with Gasteiger partial charge < -0.3 is 9.47 Å². The van der Waals surface area contributed by atoms with Crippen molar-refractivity contribution in [3.05, 3.63) is 204 Å². The minimum Gasteiger partial charge on any atom is -0.310 e. The molecule has 0 saturated carbocycles. The van der Waals surface area contributed by atoms with Crippen molar-refractivity contribution < 1.29 is 9.59 Å². The zero-order chi connectivity index (χ0) is 39.0. The zero-order valence-electron chi connectivity index (χ0n) is 32.1. The molecule has 0 radical (unpaired) electrons. The van der Waals surface area contributed by atoms with Crippen LogP contribution in [0.2, 0.25) is 0 Å². The van der Waals surface area contributed by atoms with Crippen LogP contribution in [0.15, 0.2) is 182 Å². The lowest BCUT2D eigenvalue weighted by Crippen LogP contribution is -2.29. The monoisotopic (exact) mass is 736 g/mol. The second kappa shape index (κ2) is 14.7. The summed E-state index contributed by atoms with van der Waals surface area (Å²) in [6.45, 7) is 4.25. The Balaban J connectivity index is 1.30. The van der Waals surface area contributed by atoms with Crippen molar-refractivity contribution in [2.45, 2.75) is 13.8 Å². The van der Waals surface area contributed by atoms with Gasteiger partial charge in [0.2, 0.25) is 0 Å². The summed E-state index contributed by atoms with van der Waals surface area (Å²) in [6, 6.07) is 62.0. The van der Waals surface area contributed by atoms with Gasteiger partial charge in [0.25, 0.3) is 5.91 Å². The second-order valence-corrected chi connectivity index (χ2v) is 14.6.